The summed E-state index contributed by atoms with van der Waals surface area (Å²) in [7, 11) is 0. The van der Waals surface area contributed by atoms with E-state index >= 15 is 0 Å². The molecule has 0 aliphatic carbocycles. The fourth-order valence-electron chi connectivity index (χ4n) is 0.478. The summed E-state index contributed by atoms with van der Waals surface area (Å²) in [6.07, 6.45) is 0. The first-order valence-electron chi connectivity index (χ1n) is 2.26. The number of hydrogen-bond acceptors (Lipinski definition) is 0. The molecule has 0 amide bonds. The van der Waals surface area contributed by atoms with Crippen LogP contribution in [-0.4, -0.2) is 5.48 Å². The molecule has 1 rings (SSSR count). The van der Waals surface area contributed by atoms with Crippen molar-refractivity contribution in [1.82, 2.24) is 0 Å². The molecule has 0 heterocycles. The normalized spacial score (nSPS) is 6.89. The van der Waals surface area contributed by atoms with Crippen molar-refractivity contribution in [2.45, 2.75) is 0 Å². The van der Waals surface area contributed by atoms with Crippen molar-refractivity contribution in [2.24, 2.45) is 0 Å². The molecular weight excluding hydrogens is 324 g/mol. The number of halogens is 1. The molecule has 0 saturated carbocycles. The van der Waals surface area contributed by atoms with E-state index in [1.807, 2.05) is 0 Å². The Hall–Kier alpha value is 0.405. The maximum absolute atomic E-state index is 2.17. The summed E-state index contributed by atoms with van der Waals surface area (Å²) in [5, 5.41) is 0. The van der Waals surface area contributed by atoms with Gasteiger partial charge >= 0.3 is 59.5 Å². The Kier molecular flexibility index (Phi) is 8.78. The Morgan fingerprint density at radius 3 is 1.67 bits per heavy atom. The van der Waals surface area contributed by atoms with Crippen LogP contribution in [0.5, 0.6) is 0 Å². The molecule has 0 aliphatic rings. The third-order valence-electron chi connectivity index (χ3n) is 0.843. The van der Waals surface area contributed by atoms with Crippen LogP contribution in [0.25, 0.3) is 0 Å². The van der Waals surface area contributed by atoms with Crippen molar-refractivity contribution in [1.29, 1.82) is 0 Å². The molecule has 47 valence electrons. The van der Waals surface area contributed by atoms with E-state index < -0.39 is 0 Å². The van der Waals surface area contributed by atoms with Crippen molar-refractivity contribution in [3.8, 4) is 0 Å². The Morgan fingerprint density at radius 1 is 1.00 bits per heavy atom. The van der Waals surface area contributed by atoms with Gasteiger partial charge in [-0.3, -0.25) is 0 Å². The van der Waals surface area contributed by atoms with Gasteiger partial charge in [-0.25, -0.2) is 0 Å². The van der Waals surface area contributed by atoms with E-state index in [1.165, 1.54) is 3.07 Å². The van der Waals surface area contributed by atoms with Crippen LogP contribution in [0.15, 0.2) is 30.3 Å². The molecule has 1 aromatic carbocycles. The van der Waals surface area contributed by atoms with Gasteiger partial charge in [-0.1, -0.05) is 0 Å². The molecule has 0 unspecified atom stereocenters. The first kappa shape index (κ1) is 12.1. The van der Waals surface area contributed by atoms with Crippen LogP contribution >= 0.6 is 12.4 Å². The second kappa shape index (κ2) is 6.52. The monoisotopic (exact) mass is 333 g/mol. The maximum atomic E-state index is 2.17. The van der Waals surface area contributed by atoms with Gasteiger partial charge in [0.15, 0.2) is 0 Å². The van der Waals surface area contributed by atoms with Gasteiger partial charge < -0.3 is 5.48 Å². The van der Waals surface area contributed by atoms with Gasteiger partial charge in [0.25, 0.3) is 0 Å². The summed E-state index contributed by atoms with van der Waals surface area (Å²) in [6.45, 7) is 0. The average molecular weight is 332 g/mol. The quantitative estimate of drug-likeness (QED) is 0.618. The van der Waals surface area contributed by atoms with Crippen LogP contribution in [0.3, 0.4) is 0 Å². The third-order valence-corrected chi connectivity index (χ3v) is 2.68. The van der Waals surface area contributed by atoms with Crippen LogP contribution in [-0.2, 0) is 26.1 Å². The zero-order valence-corrected chi connectivity index (χ0v) is 11.3. The van der Waals surface area contributed by atoms with Crippen molar-refractivity contribution in [2.75, 3.05) is 0 Å². The molecule has 0 aromatic heterocycles. The van der Waals surface area contributed by atoms with Gasteiger partial charge in [-0.05, 0) is 0 Å². The molecule has 2 N–H and O–H groups in total. The molecule has 0 atom stereocenters. The Morgan fingerprint density at radius 2 is 1.44 bits per heavy atom. The average Bonchev–Trinajstić information content (AvgIpc) is 1.69. The summed E-state index contributed by atoms with van der Waals surface area (Å²) >= 11 is 0.810. The molecule has 0 bridgehead atoms. The van der Waals surface area contributed by atoms with Crippen LogP contribution in [0, 0.1) is 0 Å². The van der Waals surface area contributed by atoms with Crippen LogP contribution in [0.2, 0.25) is 0 Å². The van der Waals surface area contributed by atoms with Crippen molar-refractivity contribution in [3.63, 3.8) is 0 Å². The zero-order valence-electron chi connectivity index (χ0n) is 5.00. The molecule has 0 aliphatic heterocycles. The molecule has 1 aromatic rings. The standard InChI is InChI=1S/C6H5.ClH.Hg.H2O/c1-2-4-6-5-3-1;;;/h1-5H;1H;;1H2. The summed E-state index contributed by atoms with van der Waals surface area (Å²) < 4.78 is 1.52. The molecular formula is C6H8ClHgO. The minimum absolute atomic E-state index is 0. The Labute approximate surface area is 77.2 Å². The van der Waals surface area contributed by atoms with Crippen LogP contribution in [0.1, 0.15) is 0 Å². The molecule has 1 nitrogen and oxygen atoms in total. The van der Waals surface area contributed by atoms with Crippen molar-refractivity contribution >= 4 is 15.5 Å². The topological polar surface area (TPSA) is 31.5 Å². The van der Waals surface area contributed by atoms with Crippen molar-refractivity contribution < 1.29 is 31.6 Å². The van der Waals surface area contributed by atoms with E-state index in [-0.39, 0.29) is 17.9 Å². The molecule has 0 radical (unpaired) electrons. The summed E-state index contributed by atoms with van der Waals surface area (Å²) in [6, 6.07) is 10.6. The fourth-order valence-corrected chi connectivity index (χ4v) is 1.54. The first-order chi connectivity index (χ1) is 3.39. The van der Waals surface area contributed by atoms with Gasteiger partial charge in [0.05, 0.1) is 0 Å². The van der Waals surface area contributed by atoms with E-state index in [4.69, 9.17) is 0 Å². The van der Waals surface area contributed by atoms with Gasteiger partial charge in [-0.15, -0.1) is 12.4 Å². The van der Waals surface area contributed by atoms with E-state index in [0.717, 1.165) is 26.1 Å². The fraction of sp³-hybridized carbons (Fsp3) is 0. The van der Waals surface area contributed by atoms with Gasteiger partial charge in [0, 0.05) is 0 Å². The second-order valence-electron chi connectivity index (χ2n) is 1.49. The molecule has 0 fully saturated rings. The molecule has 3 heteroatoms. The predicted molar refractivity (Wildman–Crippen MR) is 36.9 cm³/mol. The van der Waals surface area contributed by atoms with Crippen LogP contribution < -0.4 is 3.07 Å². The van der Waals surface area contributed by atoms with Crippen molar-refractivity contribution in [3.05, 3.63) is 30.3 Å². The first-order valence-corrected chi connectivity index (χ1v) is 5.01. The number of benzene rings is 1. The summed E-state index contributed by atoms with van der Waals surface area (Å²) in [5.41, 5.74) is 0. The zero-order chi connectivity index (χ0) is 5.11. The minimum atomic E-state index is 0. The molecule has 0 saturated heterocycles. The molecule has 9 heavy (non-hydrogen) atoms. The predicted octanol–water partition coefficient (Wildman–Crippen LogP) is 0.456. The van der Waals surface area contributed by atoms with E-state index in [0.29, 0.717) is 0 Å². The Balaban J connectivity index is 0. The van der Waals surface area contributed by atoms with Gasteiger partial charge in [0.2, 0.25) is 0 Å². The van der Waals surface area contributed by atoms with Gasteiger partial charge in [0.1, 0.15) is 0 Å². The number of rotatable bonds is 0. The van der Waals surface area contributed by atoms with E-state index in [9.17, 15) is 0 Å². The summed E-state index contributed by atoms with van der Waals surface area (Å²) in [5.74, 6) is 0. The van der Waals surface area contributed by atoms with E-state index in [2.05, 4.69) is 30.3 Å². The van der Waals surface area contributed by atoms with Gasteiger partial charge in [-0.2, -0.15) is 0 Å². The second-order valence-corrected chi connectivity index (χ2v) is 4.66. The number of hydrogen-bond donors (Lipinski definition) is 0. The van der Waals surface area contributed by atoms with Crippen LogP contribution in [0.4, 0.5) is 0 Å². The Bertz CT molecular complexity index is 143. The molecule has 0 spiro atoms. The summed E-state index contributed by atoms with van der Waals surface area (Å²) in [4.78, 5) is 0. The third kappa shape index (κ3) is 4.88. The van der Waals surface area contributed by atoms with E-state index in [1.54, 1.807) is 0 Å². The SMILES string of the molecule is Cl.O.[Hg][c]1ccccc1.